The molecule has 0 N–H and O–H groups in total. The summed E-state index contributed by atoms with van der Waals surface area (Å²) in [5.74, 6) is 0.704. The summed E-state index contributed by atoms with van der Waals surface area (Å²) in [6.07, 6.45) is 1.50. The number of nitrogens with zero attached hydrogens (tertiary/aromatic N) is 3. The van der Waals surface area contributed by atoms with Crippen molar-refractivity contribution in [3.05, 3.63) is 41.9 Å². The summed E-state index contributed by atoms with van der Waals surface area (Å²) >= 11 is 0. The first kappa shape index (κ1) is 21.7. The maximum absolute atomic E-state index is 13.0. The topological polar surface area (TPSA) is 83.3 Å². The first-order valence-corrected chi connectivity index (χ1v) is 12.1. The number of furan rings is 1. The maximum Gasteiger partial charge on any atom is 0.289 e. The number of anilines is 1. The van der Waals surface area contributed by atoms with E-state index >= 15 is 0 Å². The molecule has 1 atom stereocenters. The van der Waals surface area contributed by atoms with Gasteiger partial charge in [-0.3, -0.25) is 4.79 Å². The highest BCUT2D eigenvalue weighted by molar-refractivity contribution is 7.89. The van der Waals surface area contributed by atoms with Gasteiger partial charge in [-0.1, -0.05) is 12.1 Å². The fourth-order valence-electron chi connectivity index (χ4n) is 4.24. The average molecular weight is 448 g/mol. The van der Waals surface area contributed by atoms with E-state index in [0.29, 0.717) is 26.2 Å². The Morgan fingerprint density at radius 3 is 2.65 bits per heavy atom. The molecule has 31 heavy (non-hydrogen) atoms. The van der Waals surface area contributed by atoms with E-state index in [1.807, 2.05) is 24.3 Å². The van der Waals surface area contributed by atoms with Crippen LogP contribution in [0.1, 0.15) is 36.1 Å². The molecule has 1 aromatic heterocycles. The lowest BCUT2D eigenvalue weighted by Gasteiger charge is -2.37. The number of carbonyl (C=O) groups excluding carboxylic acids is 1. The van der Waals surface area contributed by atoms with Crippen molar-refractivity contribution in [2.24, 2.45) is 0 Å². The molecular formula is C22H29N3O5S. The number of hydrogen-bond donors (Lipinski definition) is 0. The summed E-state index contributed by atoms with van der Waals surface area (Å²) in [7, 11) is -1.97. The minimum Gasteiger partial charge on any atom is -0.485 e. The third-order valence-corrected chi connectivity index (χ3v) is 7.90. The lowest BCUT2D eigenvalue weighted by molar-refractivity contribution is 0.0678. The summed E-state index contributed by atoms with van der Waals surface area (Å²) in [5, 5.41) is 0. The molecule has 1 fully saturated rings. The Balaban J connectivity index is 1.48. The van der Waals surface area contributed by atoms with Gasteiger partial charge in [0.2, 0.25) is 10.0 Å². The Labute approximate surface area is 183 Å². The fourth-order valence-corrected chi connectivity index (χ4v) is 5.92. The van der Waals surface area contributed by atoms with Crippen molar-refractivity contribution in [3.63, 3.8) is 0 Å². The van der Waals surface area contributed by atoms with Crippen LogP contribution in [0.3, 0.4) is 0 Å². The SMILES string of the molecule is CCN1CC(CN(C)C(=O)c2cc(S(=O)(=O)N3CCCC3)c(C)o2)Oc2ccccc21. The summed E-state index contributed by atoms with van der Waals surface area (Å²) < 4.78 is 38.9. The van der Waals surface area contributed by atoms with Gasteiger partial charge in [0, 0.05) is 32.7 Å². The third kappa shape index (κ3) is 4.16. The Morgan fingerprint density at radius 1 is 1.23 bits per heavy atom. The van der Waals surface area contributed by atoms with Gasteiger partial charge in [-0.05, 0) is 38.8 Å². The van der Waals surface area contributed by atoms with Crippen LogP contribution in [0.4, 0.5) is 5.69 Å². The van der Waals surface area contributed by atoms with Crippen LogP contribution in [0.5, 0.6) is 5.75 Å². The number of aryl methyl sites for hydroxylation is 1. The van der Waals surface area contributed by atoms with E-state index in [4.69, 9.17) is 9.15 Å². The molecule has 2 aliphatic heterocycles. The van der Waals surface area contributed by atoms with Crippen LogP contribution in [0.25, 0.3) is 0 Å². The Hall–Kier alpha value is -2.52. The highest BCUT2D eigenvalue weighted by Crippen LogP contribution is 2.33. The molecule has 1 saturated heterocycles. The van der Waals surface area contributed by atoms with Gasteiger partial charge in [0.1, 0.15) is 22.5 Å². The van der Waals surface area contributed by atoms with Crippen molar-refractivity contribution in [3.8, 4) is 5.75 Å². The second kappa shape index (κ2) is 8.55. The molecule has 1 aromatic carbocycles. The van der Waals surface area contributed by atoms with Crippen LogP contribution in [0.15, 0.2) is 39.6 Å². The molecule has 0 saturated carbocycles. The minimum absolute atomic E-state index is 0.0290. The van der Waals surface area contributed by atoms with Crippen molar-refractivity contribution < 1.29 is 22.4 Å². The number of likely N-dealkylation sites (N-methyl/N-ethyl adjacent to an activating group) is 2. The lowest BCUT2D eigenvalue weighted by atomic mass is 10.2. The van der Waals surface area contributed by atoms with Crippen LogP contribution in [0.2, 0.25) is 0 Å². The van der Waals surface area contributed by atoms with Gasteiger partial charge in [0.15, 0.2) is 5.76 Å². The summed E-state index contributed by atoms with van der Waals surface area (Å²) in [5.41, 5.74) is 1.05. The number of fused-ring (bicyclic) bond motifs is 1. The standard InChI is InChI=1S/C22H29N3O5S/c1-4-24-15-17(30-19-10-6-5-9-18(19)24)14-23(3)22(26)20-13-21(16(2)29-20)31(27,28)25-11-7-8-12-25/h5-6,9-10,13,17H,4,7-8,11-12,14-15H2,1-3H3. The van der Waals surface area contributed by atoms with Gasteiger partial charge in [0.25, 0.3) is 5.91 Å². The number of carbonyl (C=O) groups is 1. The summed E-state index contributed by atoms with van der Waals surface area (Å²) in [6, 6.07) is 9.22. The predicted molar refractivity (Wildman–Crippen MR) is 117 cm³/mol. The molecule has 2 aliphatic rings. The Morgan fingerprint density at radius 2 is 1.94 bits per heavy atom. The highest BCUT2D eigenvalue weighted by Gasteiger charge is 2.33. The van der Waals surface area contributed by atoms with E-state index in [1.54, 1.807) is 14.0 Å². The average Bonchev–Trinajstić information content (AvgIpc) is 3.43. The van der Waals surface area contributed by atoms with Gasteiger partial charge < -0.3 is 19.0 Å². The van der Waals surface area contributed by atoms with E-state index in [9.17, 15) is 13.2 Å². The number of ether oxygens (including phenoxy) is 1. The number of hydrogen-bond acceptors (Lipinski definition) is 6. The second-order valence-electron chi connectivity index (χ2n) is 8.07. The molecule has 0 bridgehead atoms. The van der Waals surface area contributed by atoms with Crippen molar-refractivity contribution in [1.29, 1.82) is 0 Å². The maximum atomic E-state index is 13.0. The van der Waals surface area contributed by atoms with Gasteiger partial charge in [-0.2, -0.15) is 4.31 Å². The van der Waals surface area contributed by atoms with Gasteiger partial charge in [-0.25, -0.2) is 8.42 Å². The fraction of sp³-hybridized carbons (Fsp3) is 0.500. The van der Waals surface area contributed by atoms with Crippen LogP contribution >= 0.6 is 0 Å². The van der Waals surface area contributed by atoms with Crippen molar-refractivity contribution in [1.82, 2.24) is 9.21 Å². The van der Waals surface area contributed by atoms with E-state index in [0.717, 1.165) is 30.8 Å². The highest BCUT2D eigenvalue weighted by atomic mass is 32.2. The monoisotopic (exact) mass is 447 g/mol. The molecule has 168 valence electrons. The zero-order valence-electron chi connectivity index (χ0n) is 18.2. The quantitative estimate of drug-likeness (QED) is 0.677. The van der Waals surface area contributed by atoms with Gasteiger partial charge in [0.05, 0.1) is 18.8 Å². The summed E-state index contributed by atoms with van der Waals surface area (Å²) in [6.45, 7) is 6.54. The first-order valence-electron chi connectivity index (χ1n) is 10.7. The van der Waals surface area contributed by atoms with Gasteiger partial charge >= 0.3 is 0 Å². The lowest BCUT2D eigenvalue weighted by Crippen LogP contribution is -2.46. The van der Waals surface area contributed by atoms with E-state index in [1.165, 1.54) is 15.3 Å². The normalized spacial score (nSPS) is 19.2. The molecule has 8 nitrogen and oxygen atoms in total. The molecule has 0 radical (unpaired) electrons. The molecule has 2 aromatic rings. The molecule has 1 unspecified atom stereocenters. The van der Waals surface area contributed by atoms with Crippen molar-refractivity contribution in [2.45, 2.75) is 37.7 Å². The number of para-hydroxylation sites is 2. The van der Waals surface area contributed by atoms with Crippen molar-refractivity contribution in [2.75, 3.05) is 44.7 Å². The zero-order chi connectivity index (χ0) is 22.2. The largest absolute Gasteiger partial charge is 0.485 e. The first-order chi connectivity index (χ1) is 14.8. The van der Waals surface area contributed by atoms with Crippen LogP contribution < -0.4 is 9.64 Å². The molecular weight excluding hydrogens is 418 g/mol. The van der Waals surface area contributed by atoms with Gasteiger partial charge in [-0.15, -0.1) is 0 Å². The van der Waals surface area contributed by atoms with Crippen LogP contribution in [-0.4, -0.2) is 69.4 Å². The smallest absolute Gasteiger partial charge is 0.289 e. The Bertz CT molecular complexity index is 1060. The van der Waals surface area contributed by atoms with Crippen LogP contribution in [-0.2, 0) is 10.0 Å². The number of rotatable bonds is 6. The van der Waals surface area contributed by atoms with E-state index in [2.05, 4.69) is 11.8 Å². The van der Waals surface area contributed by atoms with E-state index in [-0.39, 0.29) is 28.4 Å². The molecule has 0 spiro atoms. The summed E-state index contributed by atoms with van der Waals surface area (Å²) in [4.78, 5) is 16.8. The number of amides is 1. The predicted octanol–water partition coefficient (Wildman–Crippen LogP) is 2.73. The Kier molecular flexibility index (Phi) is 5.98. The van der Waals surface area contributed by atoms with Crippen LogP contribution in [0, 0.1) is 6.92 Å². The molecule has 0 aliphatic carbocycles. The third-order valence-electron chi connectivity index (χ3n) is 5.90. The van der Waals surface area contributed by atoms with E-state index < -0.39 is 10.0 Å². The number of sulfonamides is 1. The number of benzene rings is 1. The zero-order valence-corrected chi connectivity index (χ0v) is 19.0. The van der Waals surface area contributed by atoms with Crippen molar-refractivity contribution >= 4 is 21.6 Å². The second-order valence-corrected chi connectivity index (χ2v) is 9.98. The molecule has 9 heteroatoms. The molecule has 3 heterocycles. The molecule has 1 amide bonds. The molecule has 4 rings (SSSR count). The minimum atomic E-state index is -3.64.